The summed E-state index contributed by atoms with van der Waals surface area (Å²) in [4.78, 5) is 32.6. The fourth-order valence-corrected chi connectivity index (χ4v) is 3.04. The molecule has 0 amide bonds. The van der Waals surface area contributed by atoms with Gasteiger partial charge >= 0.3 is 5.69 Å². The molecule has 0 fully saturated rings. The zero-order chi connectivity index (χ0) is 19.6. The Morgan fingerprint density at radius 1 is 1.22 bits per heavy atom. The lowest BCUT2D eigenvalue weighted by Crippen LogP contribution is -2.39. The fraction of sp³-hybridized carbons (Fsp3) is 0.353. The Balaban J connectivity index is 2.29. The van der Waals surface area contributed by atoms with Crippen molar-refractivity contribution in [3.63, 3.8) is 0 Å². The number of rotatable bonds is 6. The van der Waals surface area contributed by atoms with Gasteiger partial charge in [0.1, 0.15) is 0 Å². The molecule has 0 spiro atoms. The lowest BCUT2D eigenvalue weighted by Gasteiger charge is -2.10. The lowest BCUT2D eigenvalue weighted by atomic mass is 10.2. The number of nitrogens with zero attached hydrogens (tertiary/aromatic N) is 7. The molecule has 0 saturated heterocycles. The maximum Gasteiger partial charge on any atom is 0.332 e. The molecule has 0 bridgehead atoms. The molecule has 0 aliphatic heterocycles. The Kier molecular flexibility index (Phi) is 5.34. The molecule has 3 aromatic rings. The van der Waals surface area contributed by atoms with E-state index in [9.17, 15) is 9.59 Å². The first-order valence-corrected chi connectivity index (χ1v) is 8.85. The summed E-state index contributed by atoms with van der Waals surface area (Å²) in [7, 11) is 1.55. The van der Waals surface area contributed by atoms with Crippen molar-refractivity contribution in [3.05, 3.63) is 66.1 Å². The van der Waals surface area contributed by atoms with E-state index in [0.717, 1.165) is 12.0 Å². The Bertz CT molecular complexity index is 1150. The van der Waals surface area contributed by atoms with Crippen LogP contribution in [0.1, 0.15) is 25.3 Å². The number of halogens is 1. The van der Waals surface area contributed by atoms with Gasteiger partial charge in [0.2, 0.25) is 0 Å². The van der Waals surface area contributed by atoms with Gasteiger partial charge in [-0.15, -0.1) is 0 Å². The molecule has 0 radical (unpaired) electrons. The predicted octanol–water partition coefficient (Wildman–Crippen LogP) is 3.34. The van der Waals surface area contributed by atoms with Gasteiger partial charge in [-0.05, 0) is 34.8 Å². The van der Waals surface area contributed by atoms with Crippen molar-refractivity contribution in [1.82, 2.24) is 18.7 Å². The number of azide groups is 1. The van der Waals surface area contributed by atoms with Gasteiger partial charge in [-0.1, -0.05) is 37.1 Å². The van der Waals surface area contributed by atoms with Crippen LogP contribution >= 0.6 is 11.6 Å². The lowest BCUT2D eigenvalue weighted by molar-refractivity contribution is 0.565. The molecule has 2 aromatic heterocycles. The van der Waals surface area contributed by atoms with Crippen molar-refractivity contribution in [3.8, 4) is 0 Å². The number of hydrogen-bond acceptors (Lipinski definition) is 4. The summed E-state index contributed by atoms with van der Waals surface area (Å²) in [6.45, 7) is 2.56. The Morgan fingerprint density at radius 2 is 1.93 bits per heavy atom. The Labute approximate surface area is 159 Å². The number of aryl methyl sites for hydroxylation is 1. The number of fused-ring (bicyclic) bond motifs is 1. The average molecular weight is 388 g/mol. The van der Waals surface area contributed by atoms with Gasteiger partial charge in [0.05, 0.1) is 0 Å². The largest absolute Gasteiger partial charge is 0.332 e. The van der Waals surface area contributed by atoms with E-state index in [1.165, 1.54) is 13.7 Å². The second-order valence-electron chi connectivity index (χ2n) is 6.14. The van der Waals surface area contributed by atoms with Gasteiger partial charge < -0.3 is 4.57 Å². The maximum atomic E-state index is 13.0. The van der Waals surface area contributed by atoms with Crippen molar-refractivity contribution in [2.75, 3.05) is 0 Å². The first kappa shape index (κ1) is 18.8. The number of unbranched alkanes of at least 4 members (excludes halogenated alkanes) is 1. The third-order valence-electron chi connectivity index (χ3n) is 4.34. The van der Waals surface area contributed by atoms with E-state index in [4.69, 9.17) is 17.1 Å². The SMILES string of the molecule is CCCCn1c(=O)c2c(nc(N=[N+]=[N-])n2Cc2ccc(Cl)cc2)n(C)c1=O. The van der Waals surface area contributed by atoms with E-state index in [1.54, 1.807) is 19.2 Å². The monoisotopic (exact) mass is 387 g/mol. The van der Waals surface area contributed by atoms with Gasteiger partial charge in [-0.25, -0.2) is 9.78 Å². The third-order valence-corrected chi connectivity index (χ3v) is 4.59. The molecule has 10 heteroatoms. The van der Waals surface area contributed by atoms with Crippen LogP contribution in [0.25, 0.3) is 21.6 Å². The van der Waals surface area contributed by atoms with Crippen LogP contribution in [-0.2, 0) is 20.1 Å². The van der Waals surface area contributed by atoms with Crippen LogP contribution in [0.4, 0.5) is 5.95 Å². The van der Waals surface area contributed by atoms with Crippen molar-refractivity contribution < 1.29 is 0 Å². The molecular weight excluding hydrogens is 370 g/mol. The molecule has 27 heavy (non-hydrogen) atoms. The zero-order valence-corrected chi connectivity index (χ0v) is 15.7. The van der Waals surface area contributed by atoms with Crippen LogP contribution in [0.15, 0.2) is 39.0 Å². The molecule has 9 nitrogen and oxygen atoms in total. The fourth-order valence-electron chi connectivity index (χ4n) is 2.91. The Morgan fingerprint density at radius 3 is 2.56 bits per heavy atom. The van der Waals surface area contributed by atoms with E-state index < -0.39 is 11.2 Å². The van der Waals surface area contributed by atoms with Crippen LogP contribution in [0.5, 0.6) is 0 Å². The van der Waals surface area contributed by atoms with Crippen LogP contribution in [0.2, 0.25) is 5.02 Å². The van der Waals surface area contributed by atoms with Crippen LogP contribution in [-0.4, -0.2) is 18.7 Å². The van der Waals surface area contributed by atoms with Gasteiger partial charge in [0.15, 0.2) is 17.1 Å². The smallest absolute Gasteiger partial charge is 0.312 e. The van der Waals surface area contributed by atoms with Gasteiger partial charge in [0, 0.05) is 30.1 Å². The summed E-state index contributed by atoms with van der Waals surface area (Å²) < 4.78 is 4.04. The highest BCUT2D eigenvalue weighted by Crippen LogP contribution is 2.21. The molecule has 140 valence electrons. The highest BCUT2D eigenvalue weighted by molar-refractivity contribution is 6.30. The zero-order valence-electron chi connectivity index (χ0n) is 15.0. The molecule has 0 aliphatic rings. The van der Waals surface area contributed by atoms with Crippen molar-refractivity contribution in [2.24, 2.45) is 12.2 Å². The highest BCUT2D eigenvalue weighted by atomic mass is 35.5. The summed E-state index contributed by atoms with van der Waals surface area (Å²) in [6, 6.07) is 7.09. The molecule has 0 atom stereocenters. The van der Waals surface area contributed by atoms with Crippen LogP contribution in [0.3, 0.4) is 0 Å². The topological polar surface area (TPSA) is 111 Å². The molecule has 0 saturated carbocycles. The number of hydrogen-bond donors (Lipinski definition) is 0. The van der Waals surface area contributed by atoms with Crippen molar-refractivity contribution >= 4 is 28.7 Å². The summed E-state index contributed by atoms with van der Waals surface area (Å²) in [5.74, 6) is 0.0304. The molecule has 3 rings (SSSR count). The average Bonchev–Trinajstić information content (AvgIpc) is 3.00. The van der Waals surface area contributed by atoms with E-state index in [1.807, 2.05) is 19.1 Å². The van der Waals surface area contributed by atoms with Crippen LogP contribution in [0, 0.1) is 0 Å². The first-order valence-electron chi connectivity index (χ1n) is 8.47. The molecule has 0 N–H and O–H groups in total. The minimum Gasteiger partial charge on any atom is -0.312 e. The molecule has 0 aliphatic carbocycles. The summed E-state index contributed by atoms with van der Waals surface area (Å²) in [5, 5.41) is 4.20. The van der Waals surface area contributed by atoms with Crippen LogP contribution < -0.4 is 11.2 Å². The van der Waals surface area contributed by atoms with Gasteiger partial charge in [0.25, 0.3) is 5.56 Å². The van der Waals surface area contributed by atoms with E-state index in [0.29, 0.717) is 18.0 Å². The minimum atomic E-state index is -0.442. The van der Waals surface area contributed by atoms with E-state index in [2.05, 4.69) is 15.0 Å². The highest BCUT2D eigenvalue weighted by Gasteiger charge is 2.19. The second kappa shape index (κ2) is 7.69. The molecule has 0 unspecified atom stereocenters. The van der Waals surface area contributed by atoms with E-state index >= 15 is 0 Å². The summed E-state index contributed by atoms with van der Waals surface area (Å²) in [5.41, 5.74) is 9.25. The number of benzene rings is 1. The summed E-state index contributed by atoms with van der Waals surface area (Å²) >= 11 is 5.93. The summed E-state index contributed by atoms with van der Waals surface area (Å²) in [6.07, 6.45) is 1.55. The minimum absolute atomic E-state index is 0.0304. The first-order chi connectivity index (χ1) is 13.0. The number of aromatic nitrogens is 4. The molecular formula is C17H18ClN7O2. The van der Waals surface area contributed by atoms with Gasteiger partial charge in [-0.2, -0.15) is 0 Å². The third kappa shape index (κ3) is 3.47. The maximum absolute atomic E-state index is 13.0. The standard InChI is InChI=1S/C17H18ClN7O2/c1-3-4-9-24-15(26)13-14(23(2)17(24)27)20-16(21-22-19)25(13)10-11-5-7-12(18)8-6-11/h5-8H,3-4,9-10H2,1-2H3. The molecule has 1 aromatic carbocycles. The molecule has 2 heterocycles. The Hall–Kier alpha value is -3.03. The quantitative estimate of drug-likeness (QED) is 0.367. The van der Waals surface area contributed by atoms with Gasteiger partial charge in [-0.3, -0.25) is 13.9 Å². The predicted molar refractivity (Wildman–Crippen MR) is 104 cm³/mol. The normalized spacial score (nSPS) is 10.9. The number of imidazole rings is 1. The van der Waals surface area contributed by atoms with Crippen molar-refractivity contribution in [2.45, 2.75) is 32.9 Å². The van der Waals surface area contributed by atoms with Crippen molar-refractivity contribution in [1.29, 1.82) is 0 Å². The van der Waals surface area contributed by atoms with E-state index in [-0.39, 0.29) is 23.7 Å². The second-order valence-corrected chi connectivity index (χ2v) is 6.57.